The average molecular weight is 532 g/mol. The van der Waals surface area contributed by atoms with Crippen LogP contribution in [0.2, 0.25) is 0 Å². The molecule has 40 heavy (non-hydrogen) atoms. The van der Waals surface area contributed by atoms with Crippen LogP contribution in [0.3, 0.4) is 0 Å². The van der Waals surface area contributed by atoms with Gasteiger partial charge in [-0.25, -0.2) is 4.79 Å². The highest BCUT2D eigenvalue weighted by atomic mass is 16.4. The number of amides is 3. The van der Waals surface area contributed by atoms with E-state index in [1.165, 1.54) is 4.90 Å². The van der Waals surface area contributed by atoms with E-state index in [0.717, 1.165) is 26.9 Å². The molecule has 1 aromatic heterocycles. The third kappa shape index (κ3) is 3.87. The fraction of sp³-hybridized carbons (Fsp3) is 0.188. The van der Waals surface area contributed by atoms with Gasteiger partial charge in [-0.3, -0.25) is 24.2 Å². The quantitative estimate of drug-likeness (QED) is 0.197. The summed E-state index contributed by atoms with van der Waals surface area (Å²) in [5.74, 6) is -0.911. The van der Waals surface area contributed by atoms with Gasteiger partial charge in [0.2, 0.25) is 0 Å². The van der Waals surface area contributed by atoms with Crippen LogP contribution in [0.25, 0.3) is 32.5 Å². The fourth-order valence-electron chi connectivity index (χ4n) is 5.89. The molecular formula is C32H25N3O5. The maximum absolute atomic E-state index is 13.4. The number of hydrogen-bond acceptors (Lipinski definition) is 6. The molecule has 7 rings (SSSR count). The molecule has 0 saturated carbocycles. The second kappa shape index (κ2) is 9.43. The molecule has 4 aromatic carbocycles. The Kier molecular flexibility index (Phi) is 5.71. The van der Waals surface area contributed by atoms with E-state index in [9.17, 15) is 19.2 Å². The van der Waals surface area contributed by atoms with Gasteiger partial charge in [0.1, 0.15) is 11.1 Å². The number of nitrogens with zero attached hydrogens (tertiary/aromatic N) is 3. The molecule has 0 N–H and O–H groups in total. The Balaban J connectivity index is 1.04. The van der Waals surface area contributed by atoms with Crippen LogP contribution in [0.5, 0.6) is 0 Å². The summed E-state index contributed by atoms with van der Waals surface area (Å²) in [6, 6.07) is 24.1. The van der Waals surface area contributed by atoms with Crippen LogP contribution < -0.4 is 5.63 Å². The van der Waals surface area contributed by atoms with Crippen LogP contribution in [-0.2, 0) is 0 Å². The predicted octanol–water partition coefficient (Wildman–Crippen LogP) is 4.15. The topological polar surface area (TPSA) is 91.1 Å². The highest BCUT2D eigenvalue weighted by Crippen LogP contribution is 2.30. The largest absolute Gasteiger partial charge is 0.422 e. The van der Waals surface area contributed by atoms with Gasteiger partial charge in [-0.15, -0.1) is 0 Å². The van der Waals surface area contributed by atoms with Crippen molar-refractivity contribution in [3.63, 3.8) is 0 Å². The first-order chi connectivity index (χ1) is 19.5. The second-order valence-corrected chi connectivity index (χ2v) is 10.3. The minimum atomic E-state index is -0.646. The summed E-state index contributed by atoms with van der Waals surface area (Å²) < 4.78 is 5.52. The molecule has 8 heteroatoms. The Labute approximate surface area is 229 Å². The Morgan fingerprint density at radius 3 is 2.10 bits per heavy atom. The van der Waals surface area contributed by atoms with Gasteiger partial charge in [0.15, 0.2) is 0 Å². The smallest absolute Gasteiger partial charge is 0.349 e. The van der Waals surface area contributed by atoms with Crippen LogP contribution in [0, 0.1) is 0 Å². The Hall–Kier alpha value is -4.82. The first-order valence-electron chi connectivity index (χ1n) is 13.3. The minimum absolute atomic E-state index is 0.0228. The van der Waals surface area contributed by atoms with Gasteiger partial charge < -0.3 is 9.32 Å². The lowest BCUT2D eigenvalue weighted by atomic mass is 9.94. The van der Waals surface area contributed by atoms with Gasteiger partial charge in [0, 0.05) is 61.2 Å². The molecule has 0 bridgehead atoms. The summed E-state index contributed by atoms with van der Waals surface area (Å²) >= 11 is 0. The van der Waals surface area contributed by atoms with Gasteiger partial charge in [-0.2, -0.15) is 0 Å². The van der Waals surface area contributed by atoms with E-state index in [4.69, 9.17) is 4.42 Å². The number of imide groups is 1. The summed E-state index contributed by atoms with van der Waals surface area (Å²) in [7, 11) is 0. The van der Waals surface area contributed by atoms with Gasteiger partial charge in [0.25, 0.3) is 17.7 Å². The number of piperazine rings is 1. The van der Waals surface area contributed by atoms with E-state index in [2.05, 4.69) is 4.90 Å². The Bertz CT molecular complexity index is 1870. The van der Waals surface area contributed by atoms with E-state index < -0.39 is 5.63 Å². The molecule has 0 unspecified atom stereocenters. The highest BCUT2D eigenvalue weighted by molar-refractivity contribution is 6.25. The van der Waals surface area contributed by atoms with Gasteiger partial charge in [0.05, 0.1) is 0 Å². The molecule has 198 valence electrons. The van der Waals surface area contributed by atoms with E-state index >= 15 is 0 Å². The normalized spacial score (nSPS) is 15.9. The molecule has 3 amide bonds. The maximum atomic E-state index is 13.4. The van der Waals surface area contributed by atoms with Crippen LogP contribution >= 0.6 is 0 Å². The lowest BCUT2D eigenvalue weighted by Gasteiger charge is -2.36. The van der Waals surface area contributed by atoms with Crippen molar-refractivity contribution in [2.24, 2.45) is 0 Å². The zero-order valence-electron chi connectivity index (χ0n) is 21.6. The molecular weight excluding hydrogens is 506 g/mol. The number of benzene rings is 4. The van der Waals surface area contributed by atoms with Crippen molar-refractivity contribution in [2.75, 3.05) is 39.3 Å². The number of fused-ring (bicyclic) bond motifs is 3. The third-order valence-electron chi connectivity index (χ3n) is 8.03. The van der Waals surface area contributed by atoms with Crippen molar-refractivity contribution >= 4 is 50.2 Å². The number of carbonyl (C=O) groups is 3. The molecule has 0 aliphatic carbocycles. The summed E-state index contributed by atoms with van der Waals surface area (Å²) in [6.45, 7) is 2.75. The molecule has 2 aliphatic rings. The van der Waals surface area contributed by atoms with Crippen LogP contribution in [-0.4, -0.2) is 71.7 Å². The van der Waals surface area contributed by atoms with Crippen molar-refractivity contribution in [2.45, 2.75) is 0 Å². The summed E-state index contributed by atoms with van der Waals surface area (Å²) in [5.41, 5.74) is 0.920. The first kappa shape index (κ1) is 24.2. The fourth-order valence-corrected chi connectivity index (χ4v) is 5.89. The number of carbonyl (C=O) groups excluding carboxylic acids is 3. The zero-order valence-corrected chi connectivity index (χ0v) is 21.6. The molecule has 0 spiro atoms. The van der Waals surface area contributed by atoms with Crippen LogP contribution in [0.4, 0.5) is 0 Å². The number of hydrogen-bond donors (Lipinski definition) is 0. The van der Waals surface area contributed by atoms with E-state index in [0.29, 0.717) is 49.4 Å². The van der Waals surface area contributed by atoms with Crippen molar-refractivity contribution in [1.82, 2.24) is 14.7 Å². The second-order valence-electron chi connectivity index (χ2n) is 10.3. The average Bonchev–Trinajstić information content (AvgIpc) is 2.99. The summed E-state index contributed by atoms with van der Waals surface area (Å²) in [5, 5.41) is 4.25. The number of rotatable bonds is 4. The van der Waals surface area contributed by atoms with Crippen molar-refractivity contribution < 1.29 is 18.8 Å². The lowest BCUT2D eigenvalue weighted by molar-refractivity contribution is 0.0549. The summed E-state index contributed by atoms with van der Waals surface area (Å²) in [6.07, 6.45) is 0. The Morgan fingerprint density at radius 1 is 0.700 bits per heavy atom. The van der Waals surface area contributed by atoms with E-state index in [1.807, 2.05) is 54.6 Å². The van der Waals surface area contributed by atoms with E-state index in [1.54, 1.807) is 29.2 Å². The Morgan fingerprint density at radius 2 is 1.38 bits per heavy atom. The highest BCUT2D eigenvalue weighted by Gasteiger charge is 2.33. The first-order valence-corrected chi connectivity index (χ1v) is 13.3. The molecule has 8 nitrogen and oxygen atoms in total. The molecule has 2 aliphatic heterocycles. The van der Waals surface area contributed by atoms with E-state index in [-0.39, 0.29) is 29.8 Å². The zero-order chi connectivity index (χ0) is 27.4. The van der Waals surface area contributed by atoms with Gasteiger partial charge in [-0.1, -0.05) is 54.6 Å². The molecule has 0 radical (unpaired) electrons. The van der Waals surface area contributed by atoms with Crippen LogP contribution in [0.1, 0.15) is 31.1 Å². The van der Waals surface area contributed by atoms with Crippen molar-refractivity contribution in [3.8, 4) is 0 Å². The van der Waals surface area contributed by atoms with Crippen molar-refractivity contribution in [3.05, 3.63) is 106 Å². The molecule has 1 saturated heterocycles. The predicted molar refractivity (Wildman–Crippen MR) is 152 cm³/mol. The lowest BCUT2D eigenvalue weighted by Crippen LogP contribution is -2.52. The maximum Gasteiger partial charge on any atom is 0.349 e. The SMILES string of the molecule is O=C(c1cc2c(ccc3ccccc32)oc1=O)N1CCN(CCN2C(=O)c3cccc4cccc(c34)C2=O)CC1. The molecule has 1 fully saturated rings. The molecule has 0 atom stereocenters. The monoisotopic (exact) mass is 531 g/mol. The van der Waals surface area contributed by atoms with Crippen molar-refractivity contribution in [1.29, 1.82) is 0 Å². The third-order valence-corrected chi connectivity index (χ3v) is 8.03. The van der Waals surface area contributed by atoms with Gasteiger partial charge in [-0.05, 0) is 40.4 Å². The molecule has 3 heterocycles. The minimum Gasteiger partial charge on any atom is -0.422 e. The van der Waals surface area contributed by atoms with Gasteiger partial charge >= 0.3 is 5.63 Å². The summed E-state index contributed by atoms with van der Waals surface area (Å²) in [4.78, 5) is 57.6. The standard InChI is InChI=1S/C32H25N3O5/c36-29(26-19-25-22-8-2-1-5-20(22)11-12-27(25)40-32(26)39)34-16-13-33(14-17-34)15-18-35-30(37)23-9-3-6-21-7-4-10-24(28(21)23)31(35)38/h1-12,19H,13-18H2. The molecule has 5 aromatic rings. The van der Waals surface area contributed by atoms with Crippen LogP contribution in [0.15, 0.2) is 88.1 Å².